The summed E-state index contributed by atoms with van der Waals surface area (Å²) in [5, 5.41) is 0. The third kappa shape index (κ3) is 2.08. The minimum Gasteiger partial charge on any atom is -0.370 e. The Morgan fingerprint density at radius 2 is 2.50 bits per heavy atom. The maximum absolute atomic E-state index is 10.5. The third-order valence-electron chi connectivity index (χ3n) is 1.72. The normalized spacial score (nSPS) is 10.1. The van der Waals surface area contributed by atoms with Crippen LogP contribution in [0.2, 0.25) is 0 Å². The van der Waals surface area contributed by atoms with Gasteiger partial charge in [0.25, 0.3) is 0 Å². The van der Waals surface area contributed by atoms with E-state index in [-0.39, 0.29) is 5.91 Å². The van der Waals surface area contributed by atoms with E-state index in [1.807, 2.05) is 17.7 Å². The lowest BCUT2D eigenvalue weighted by Gasteiger charge is -2.03. The zero-order valence-corrected chi connectivity index (χ0v) is 7.16. The number of imidazole rings is 1. The smallest absolute Gasteiger partial charge is 0.219 e. The molecule has 0 aromatic carbocycles. The summed E-state index contributed by atoms with van der Waals surface area (Å²) in [6.07, 6.45) is 4.86. The predicted molar refractivity (Wildman–Crippen MR) is 45.4 cm³/mol. The Labute approximate surface area is 71.4 Å². The highest BCUT2D eigenvalue weighted by Crippen LogP contribution is 1.99. The minimum atomic E-state index is -0.272. The average molecular weight is 167 g/mol. The second-order valence-corrected chi connectivity index (χ2v) is 2.61. The van der Waals surface area contributed by atoms with Gasteiger partial charge in [-0.05, 0) is 0 Å². The number of carbonyl (C=O) groups is 1. The molecule has 12 heavy (non-hydrogen) atoms. The van der Waals surface area contributed by atoms with Gasteiger partial charge in [-0.2, -0.15) is 0 Å². The molecule has 0 spiro atoms. The number of nitrogens with zero attached hydrogens (tertiary/aromatic N) is 2. The fraction of sp³-hybridized carbons (Fsp3) is 0.500. The van der Waals surface area contributed by atoms with E-state index in [0.29, 0.717) is 13.0 Å². The van der Waals surface area contributed by atoms with Crippen LogP contribution in [-0.4, -0.2) is 15.5 Å². The van der Waals surface area contributed by atoms with E-state index >= 15 is 0 Å². The fourth-order valence-corrected chi connectivity index (χ4v) is 1.09. The van der Waals surface area contributed by atoms with E-state index in [9.17, 15) is 4.79 Å². The SMILES string of the molecule is CCc1nccn1CCC(N)=O. The molecule has 0 unspecified atom stereocenters. The zero-order valence-electron chi connectivity index (χ0n) is 7.16. The lowest BCUT2D eigenvalue weighted by Crippen LogP contribution is -2.14. The molecule has 0 bridgehead atoms. The molecule has 1 heterocycles. The Morgan fingerprint density at radius 3 is 3.08 bits per heavy atom. The Hall–Kier alpha value is -1.32. The first-order valence-electron chi connectivity index (χ1n) is 4.02. The van der Waals surface area contributed by atoms with Crippen LogP contribution in [0.25, 0.3) is 0 Å². The summed E-state index contributed by atoms with van der Waals surface area (Å²) in [6.45, 7) is 2.67. The minimum absolute atomic E-state index is 0.272. The molecule has 0 aliphatic rings. The van der Waals surface area contributed by atoms with Crippen molar-refractivity contribution >= 4 is 5.91 Å². The Kier molecular flexibility index (Phi) is 2.85. The van der Waals surface area contributed by atoms with Crippen molar-refractivity contribution in [3.05, 3.63) is 18.2 Å². The number of primary amides is 1. The summed E-state index contributed by atoms with van der Waals surface area (Å²) in [4.78, 5) is 14.6. The highest BCUT2D eigenvalue weighted by atomic mass is 16.1. The van der Waals surface area contributed by atoms with Gasteiger partial charge in [0.15, 0.2) is 0 Å². The van der Waals surface area contributed by atoms with Crippen molar-refractivity contribution in [3.8, 4) is 0 Å². The number of carbonyl (C=O) groups excluding carboxylic acids is 1. The number of nitrogens with two attached hydrogens (primary N) is 1. The van der Waals surface area contributed by atoms with Crippen molar-refractivity contribution in [2.24, 2.45) is 5.73 Å². The predicted octanol–water partition coefficient (Wildman–Crippen LogP) is 0.321. The molecule has 1 amide bonds. The largest absolute Gasteiger partial charge is 0.370 e. The molecule has 0 saturated carbocycles. The number of aryl methyl sites for hydroxylation is 2. The van der Waals surface area contributed by atoms with Crippen LogP contribution in [0.3, 0.4) is 0 Å². The lowest BCUT2D eigenvalue weighted by atomic mass is 10.4. The summed E-state index contributed by atoms with van der Waals surface area (Å²) in [6, 6.07) is 0. The van der Waals surface area contributed by atoms with Gasteiger partial charge < -0.3 is 10.3 Å². The van der Waals surface area contributed by atoms with Gasteiger partial charge in [0, 0.05) is 31.8 Å². The molecule has 0 saturated heterocycles. The Balaban J connectivity index is 2.56. The van der Waals surface area contributed by atoms with Gasteiger partial charge in [-0.3, -0.25) is 4.79 Å². The number of rotatable bonds is 4. The molecule has 0 aliphatic carbocycles. The van der Waals surface area contributed by atoms with E-state index in [0.717, 1.165) is 12.2 Å². The zero-order chi connectivity index (χ0) is 8.97. The van der Waals surface area contributed by atoms with Crippen LogP contribution in [-0.2, 0) is 17.8 Å². The second-order valence-electron chi connectivity index (χ2n) is 2.61. The quantitative estimate of drug-likeness (QED) is 0.702. The van der Waals surface area contributed by atoms with Crippen molar-refractivity contribution < 1.29 is 4.79 Å². The van der Waals surface area contributed by atoms with Crippen LogP contribution >= 0.6 is 0 Å². The number of hydrogen-bond acceptors (Lipinski definition) is 2. The van der Waals surface area contributed by atoms with Crippen LogP contribution in [0.1, 0.15) is 19.2 Å². The van der Waals surface area contributed by atoms with E-state index in [1.165, 1.54) is 0 Å². The topological polar surface area (TPSA) is 60.9 Å². The summed E-state index contributed by atoms with van der Waals surface area (Å²) in [5.74, 6) is 0.724. The molecule has 4 heteroatoms. The fourth-order valence-electron chi connectivity index (χ4n) is 1.09. The highest BCUT2D eigenvalue weighted by Gasteiger charge is 2.00. The molecule has 2 N–H and O–H groups in total. The number of hydrogen-bond donors (Lipinski definition) is 1. The molecule has 0 fully saturated rings. The highest BCUT2D eigenvalue weighted by molar-refractivity contribution is 5.73. The van der Waals surface area contributed by atoms with Gasteiger partial charge in [0.05, 0.1) is 0 Å². The summed E-state index contributed by atoms with van der Waals surface area (Å²) >= 11 is 0. The van der Waals surface area contributed by atoms with Crippen LogP contribution in [0.15, 0.2) is 12.4 Å². The summed E-state index contributed by atoms with van der Waals surface area (Å²) in [7, 11) is 0. The lowest BCUT2D eigenvalue weighted by molar-refractivity contribution is -0.118. The van der Waals surface area contributed by atoms with Gasteiger partial charge >= 0.3 is 0 Å². The standard InChI is InChI=1S/C8H13N3O/c1-2-8-10-4-6-11(8)5-3-7(9)12/h4,6H,2-3,5H2,1H3,(H2,9,12). The van der Waals surface area contributed by atoms with Crippen molar-refractivity contribution in [2.45, 2.75) is 26.3 Å². The molecular formula is C8H13N3O. The van der Waals surface area contributed by atoms with Gasteiger partial charge in [0.1, 0.15) is 5.82 Å². The molecule has 66 valence electrons. The third-order valence-corrected chi connectivity index (χ3v) is 1.72. The van der Waals surface area contributed by atoms with Crippen LogP contribution in [0.4, 0.5) is 0 Å². The molecule has 0 atom stereocenters. The molecule has 1 rings (SSSR count). The Morgan fingerprint density at radius 1 is 1.75 bits per heavy atom. The van der Waals surface area contributed by atoms with Crippen LogP contribution in [0, 0.1) is 0 Å². The molecule has 1 aromatic rings. The van der Waals surface area contributed by atoms with Gasteiger partial charge in [-0.25, -0.2) is 4.98 Å². The average Bonchev–Trinajstić information content (AvgIpc) is 2.47. The summed E-state index contributed by atoms with van der Waals surface area (Å²) in [5.41, 5.74) is 5.03. The van der Waals surface area contributed by atoms with Crippen LogP contribution in [0.5, 0.6) is 0 Å². The van der Waals surface area contributed by atoms with Crippen molar-refractivity contribution in [2.75, 3.05) is 0 Å². The van der Waals surface area contributed by atoms with E-state index in [1.54, 1.807) is 6.20 Å². The van der Waals surface area contributed by atoms with Crippen LogP contribution < -0.4 is 5.73 Å². The first-order valence-corrected chi connectivity index (χ1v) is 4.02. The Bertz CT molecular complexity index is 267. The second kappa shape index (κ2) is 3.90. The summed E-state index contributed by atoms with van der Waals surface area (Å²) < 4.78 is 1.95. The maximum Gasteiger partial charge on any atom is 0.219 e. The molecular weight excluding hydrogens is 154 g/mol. The maximum atomic E-state index is 10.5. The van der Waals surface area contributed by atoms with Crippen molar-refractivity contribution in [1.29, 1.82) is 0 Å². The molecule has 4 nitrogen and oxygen atoms in total. The van der Waals surface area contributed by atoms with Gasteiger partial charge in [0.2, 0.25) is 5.91 Å². The first kappa shape index (κ1) is 8.77. The van der Waals surface area contributed by atoms with Crippen molar-refractivity contribution in [3.63, 3.8) is 0 Å². The number of aromatic nitrogens is 2. The molecule has 1 aromatic heterocycles. The molecule has 0 aliphatic heterocycles. The first-order chi connectivity index (χ1) is 5.74. The van der Waals surface area contributed by atoms with Gasteiger partial charge in [-0.1, -0.05) is 6.92 Å². The van der Waals surface area contributed by atoms with Gasteiger partial charge in [-0.15, -0.1) is 0 Å². The van der Waals surface area contributed by atoms with E-state index in [4.69, 9.17) is 5.73 Å². The van der Waals surface area contributed by atoms with E-state index in [2.05, 4.69) is 4.98 Å². The monoisotopic (exact) mass is 167 g/mol. The van der Waals surface area contributed by atoms with E-state index < -0.39 is 0 Å². The van der Waals surface area contributed by atoms with Crippen molar-refractivity contribution in [1.82, 2.24) is 9.55 Å². The molecule has 0 radical (unpaired) electrons. The number of amides is 1.